The van der Waals surface area contributed by atoms with Crippen molar-refractivity contribution in [2.75, 3.05) is 0 Å². The summed E-state index contributed by atoms with van der Waals surface area (Å²) in [6.45, 7) is 0. The van der Waals surface area contributed by atoms with E-state index >= 15 is 0 Å². The molecule has 4 bridgehead atoms. The van der Waals surface area contributed by atoms with Crippen LogP contribution in [0, 0.1) is 23.7 Å². The molecular weight excluding hydrogens is 420 g/mol. The van der Waals surface area contributed by atoms with Crippen LogP contribution in [-0.2, 0) is 0 Å². The van der Waals surface area contributed by atoms with Gasteiger partial charge in [-0.15, -0.1) is 0 Å². The average Bonchev–Trinajstić information content (AvgIpc) is 3.66. The largest absolute Gasteiger partial charge is 0.352 e. The summed E-state index contributed by atoms with van der Waals surface area (Å²) >= 11 is 0. The van der Waals surface area contributed by atoms with Crippen LogP contribution in [0.1, 0.15) is 116 Å². The lowest BCUT2D eigenvalue weighted by Gasteiger charge is -2.29. The summed E-state index contributed by atoms with van der Waals surface area (Å²) < 4.78 is 0. The molecule has 6 rings (SSSR count). The highest BCUT2D eigenvalue weighted by molar-refractivity contribution is 5.86. The van der Waals surface area contributed by atoms with Gasteiger partial charge in [0, 0.05) is 12.1 Å². The maximum atomic E-state index is 5.32. The zero-order valence-electron chi connectivity index (χ0n) is 21.2. The number of nitrogens with one attached hydrogen (secondary N) is 4. The number of fused-ring (bicyclic) bond motifs is 4. The quantitative estimate of drug-likeness (QED) is 0.266. The monoisotopic (exact) mass is 468 g/mol. The fourth-order valence-electron chi connectivity index (χ4n) is 8.29. The summed E-state index contributed by atoms with van der Waals surface area (Å²) in [5, 5.41) is 7.68. The maximum absolute atomic E-state index is 5.32. The Morgan fingerprint density at radius 1 is 0.529 bits per heavy atom. The third-order valence-electron chi connectivity index (χ3n) is 10.2. The smallest absolute Gasteiger partial charge is 0.210 e. The van der Waals surface area contributed by atoms with E-state index in [4.69, 9.17) is 9.98 Å². The molecule has 6 saturated carbocycles. The first-order valence-corrected chi connectivity index (χ1v) is 15.0. The van der Waals surface area contributed by atoms with Gasteiger partial charge in [0.1, 0.15) is 0 Å². The number of hydrazine groups is 1. The third-order valence-corrected chi connectivity index (χ3v) is 10.2. The van der Waals surface area contributed by atoms with Crippen molar-refractivity contribution < 1.29 is 0 Å². The van der Waals surface area contributed by atoms with Gasteiger partial charge in [-0.05, 0) is 87.9 Å². The van der Waals surface area contributed by atoms with Gasteiger partial charge < -0.3 is 10.6 Å². The summed E-state index contributed by atoms with van der Waals surface area (Å²) in [4.78, 5) is 10.5. The minimum atomic E-state index is 0.457. The van der Waals surface area contributed by atoms with Crippen LogP contribution in [0.5, 0.6) is 0 Å². The number of guanidine groups is 2. The molecule has 0 heterocycles. The van der Waals surface area contributed by atoms with Crippen molar-refractivity contribution in [2.45, 2.75) is 140 Å². The summed E-state index contributed by atoms with van der Waals surface area (Å²) in [5.74, 6) is 5.45. The lowest BCUT2D eigenvalue weighted by molar-refractivity contribution is 0.380. The normalized spacial score (nSPS) is 38.9. The highest BCUT2D eigenvalue weighted by atomic mass is 15.5. The Balaban J connectivity index is 1.14. The minimum absolute atomic E-state index is 0.457. The predicted molar refractivity (Wildman–Crippen MR) is 140 cm³/mol. The zero-order valence-corrected chi connectivity index (χ0v) is 21.2. The standard InChI is InChI=1S/C28H48N6/c1-3-7-23(8-4-1)29-27(30-24-9-5-2-6-10-24)33-34-28(31-25-17-19-11-13-21(25)15-19)32-26-18-20-12-14-22(26)16-20/h19-26H,1-18H2,(H2,29,30,33)(H2,31,32,34). The van der Waals surface area contributed by atoms with E-state index in [0.717, 1.165) is 35.6 Å². The van der Waals surface area contributed by atoms with Crippen LogP contribution in [-0.4, -0.2) is 36.1 Å². The molecule has 4 N–H and O–H groups in total. The van der Waals surface area contributed by atoms with E-state index in [1.807, 2.05) is 0 Å². The second-order valence-electron chi connectivity index (χ2n) is 12.6. The fraction of sp³-hybridized carbons (Fsp3) is 0.929. The first kappa shape index (κ1) is 23.0. The van der Waals surface area contributed by atoms with Crippen LogP contribution < -0.4 is 21.5 Å². The molecule has 0 aromatic heterocycles. The number of hydrogen-bond donors (Lipinski definition) is 4. The van der Waals surface area contributed by atoms with E-state index in [1.54, 1.807) is 0 Å². The Bertz CT molecular complexity index is 737. The minimum Gasteiger partial charge on any atom is -0.352 e. The molecule has 0 amide bonds. The van der Waals surface area contributed by atoms with Gasteiger partial charge in [-0.3, -0.25) is 10.9 Å². The lowest BCUT2D eigenvalue weighted by Crippen LogP contribution is -2.56. The molecule has 6 atom stereocenters. The van der Waals surface area contributed by atoms with Crippen molar-refractivity contribution in [3.8, 4) is 0 Å². The molecule has 0 aliphatic heterocycles. The van der Waals surface area contributed by atoms with E-state index in [-0.39, 0.29) is 0 Å². The van der Waals surface area contributed by atoms with Gasteiger partial charge in [0.05, 0.1) is 12.1 Å². The zero-order chi connectivity index (χ0) is 22.7. The van der Waals surface area contributed by atoms with Crippen molar-refractivity contribution >= 4 is 11.9 Å². The Morgan fingerprint density at radius 2 is 1.18 bits per heavy atom. The number of hydrogen-bond acceptors (Lipinski definition) is 2. The van der Waals surface area contributed by atoms with Gasteiger partial charge in [-0.25, -0.2) is 9.98 Å². The molecule has 6 nitrogen and oxygen atoms in total. The van der Waals surface area contributed by atoms with E-state index in [9.17, 15) is 0 Å². The van der Waals surface area contributed by atoms with Crippen molar-refractivity contribution in [2.24, 2.45) is 33.7 Å². The molecule has 34 heavy (non-hydrogen) atoms. The van der Waals surface area contributed by atoms with Crippen molar-refractivity contribution in [1.82, 2.24) is 21.5 Å². The molecule has 6 heteroatoms. The van der Waals surface area contributed by atoms with Gasteiger partial charge in [-0.2, -0.15) is 0 Å². The first-order valence-electron chi connectivity index (χ1n) is 15.0. The van der Waals surface area contributed by atoms with E-state index in [1.165, 1.54) is 116 Å². The summed E-state index contributed by atoms with van der Waals surface area (Å²) in [7, 11) is 0. The van der Waals surface area contributed by atoms with Crippen LogP contribution in [0.4, 0.5) is 0 Å². The molecule has 0 aromatic carbocycles. The fourth-order valence-corrected chi connectivity index (χ4v) is 8.29. The molecule has 0 aromatic rings. The van der Waals surface area contributed by atoms with Crippen LogP contribution >= 0.6 is 0 Å². The highest BCUT2D eigenvalue weighted by Gasteiger charge is 2.42. The Kier molecular flexibility index (Phi) is 7.20. The second kappa shape index (κ2) is 10.7. The molecule has 0 radical (unpaired) electrons. The van der Waals surface area contributed by atoms with E-state index in [0.29, 0.717) is 24.2 Å². The van der Waals surface area contributed by atoms with Crippen molar-refractivity contribution in [3.63, 3.8) is 0 Å². The molecule has 0 saturated heterocycles. The Labute approximate surface area is 207 Å². The van der Waals surface area contributed by atoms with Gasteiger partial charge in [-0.1, -0.05) is 51.4 Å². The molecule has 6 aliphatic carbocycles. The summed E-state index contributed by atoms with van der Waals surface area (Å²) in [6, 6.07) is 2.10. The number of rotatable bonds is 4. The average molecular weight is 469 g/mol. The Hall–Kier alpha value is -1.46. The first-order chi connectivity index (χ1) is 16.8. The lowest BCUT2D eigenvalue weighted by atomic mass is 9.95. The molecule has 0 spiro atoms. The van der Waals surface area contributed by atoms with Crippen LogP contribution in [0.2, 0.25) is 0 Å². The molecule has 6 unspecified atom stereocenters. The predicted octanol–water partition coefficient (Wildman–Crippen LogP) is 5.01. The Morgan fingerprint density at radius 3 is 1.79 bits per heavy atom. The van der Waals surface area contributed by atoms with E-state index < -0.39 is 0 Å². The SMILES string of the molecule is C1CCC(N=C(NNC(=NC2CC3CCC2C3)NC2CC3CCC2C3)NC2CCCCC2)CC1. The molecule has 6 fully saturated rings. The van der Waals surface area contributed by atoms with Crippen molar-refractivity contribution in [1.29, 1.82) is 0 Å². The topological polar surface area (TPSA) is 72.8 Å². The van der Waals surface area contributed by atoms with Gasteiger partial charge >= 0.3 is 0 Å². The third kappa shape index (κ3) is 5.51. The molecule has 190 valence electrons. The summed E-state index contributed by atoms with van der Waals surface area (Å²) in [6.07, 6.45) is 24.1. The highest BCUT2D eigenvalue weighted by Crippen LogP contribution is 2.46. The molecule has 6 aliphatic rings. The van der Waals surface area contributed by atoms with Gasteiger partial charge in [0.2, 0.25) is 11.9 Å². The van der Waals surface area contributed by atoms with Gasteiger partial charge in [0.25, 0.3) is 0 Å². The van der Waals surface area contributed by atoms with E-state index in [2.05, 4.69) is 21.5 Å². The maximum Gasteiger partial charge on any atom is 0.210 e. The number of nitrogens with zero attached hydrogens (tertiary/aromatic N) is 2. The van der Waals surface area contributed by atoms with Crippen molar-refractivity contribution in [3.05, 3.63) is 0 Å². The van der Waals surface area contributed by atoms with Crippen LogP contribution in [0.25, 0.3) is 0 Å². The van der Waals surface area contributed by atoms with Gasteiger partial charge in [0.15, 0.2) is 0 Å². The second-order valence-corrected chi connectivity index (χ2v) is 12.6. The summed E-state index contributed by atoms with van der Waals surface area (Å²) in [5.41, 5.74) is 7.11. The van der Waals surface area contributed by atoms with Crippen LogP contribution in [0.15, 0.2) is 9.98 Å². The van der Waals surface area contributed by atoms with Crippen LogP contribution in [0.3, 0.4) is 0 Å². The number of aliphatic imine (C=N–C) groups is 2. The molecular formula is C28H48N6.